The molecule has 3 nitrogen and oxygen atoms in total. The van der Waals surface area contributed by atoms with Crippen LogP contribution in [0.3, 0.4) is 0 Å². The molecule has 0 atom stereocenters. The smallest absolute Gasteiger partial charge is 0.205 e. The van der Waals surface area contributed by atoms with E-state index in [1.165, 1.54) is 28.0 Å². The molecule has 16 heavy (non-hydrogen) atoms. The van der Waals surface area contributed by atoms with Crippen LogP contribution in [0.5, 0.6) is 0 Å². The molecule has 0 aliphatic carbocycles. The van der Waals surface area contributed by atoms with Crippen LogP contribution in [0.2, 0.25) is 5.02 Å². The van der Waals surface area contributed by atoms with Gasteiger partial charge in [-0.3, -0.25) is 0 Å². The Bertz CT molecular complexity index is 459. The predicted octanol–water partition coefficient (Wildman–Crippen LogP) is 3.42. The van der Waals surface area contributed by atoms with E-state index in [0.717, 1.165) is 16.7 Å². The van der Waals surface area contributed by atoms with Crippen LogP contribution in [0.1, 0.15) is 16.7 Å². The average Bonchev–Trinajstić information content (AvgIpc) is 2.68. The first-order valence-corrected chi connectivity index (χ1v) is 6.18. The average molecular weight is 254 g/mol. The summed E-state index contributed by atoms with van der Waals surface area (Å²) >= 11 is 7.48. The first-order chi connectivity index (χ1) is 7.66. The summed E-state index contributed by atoms with van der Waals surface area (Å²) in [7, 11) is 0. The first-order valence-electron chi connectivity index (χ1n) is 4.92. The summed E-state index contributed by atoms with van der Waals surface area (Å²) in [6.07, 6.45) is 0. The quantitative estimate of drug-likeness (QED) is 0.911. The summed E-state index contributed by atoms with van der Waals surface area (Å²) in [5.41, 5.74) is 5.37. The fourth-order valence-electron chi connectivity index (χ4n) is 1.63. The van der Waals surface area contributed by atoms with Crippen molar-refractivity contribution in [2.45, 2.75) is 20.4 Å². The molecule has 2 rings (SSSR count). The van der Waals surface area contributed by atoms with E-state index >= 15 is 0 Å². The van der Waals surface area contributed by atoms with Crippen molar-refractivity contribution in [3.63, 3.8) is 0 Å². The number of rotatable bonds is 3. The summed E-state index contributed by atoms with van der Waals surface area (Å²) in [6.45, 7) is 4.88. The Hall–Kier alpha value is -1.13. The van der Waals surface area contributed by atoms with E-state index in [1.54, 1.807) is 5.51 Å². The molecule has 1 aromatic heterocycles. The van der Waals surface area contributed by atoms with Gasteiger partial charge in [0.25, 0.3) is 0 Å². The zero-order valence-corrected chi connectivity index (χ0v) is 10.7. The second kappa shape index (κ2) is 4.80. The highest BCUT2D eigenvalue weighted by atomic mass is 35.5. The number of aromatic nitrogens is 2. The molecule has 0 unspecified atom stereocenters. The van der Waals surface area contributed by atoms with E-state index in [1.807, 2.05) is 12.1 Å². The molecule has 5 heteroatoms. The van der Waals surface area contributed by atoms with Gasteiger partial charge in [-0.2, -0.15) is 0 Å². The Morgan fingerprint density at radius 3 is 2.56 bits per heavy atom. The fraction of sp³-hybridized carbons (Fsp3) is 0.273. The number of hydrogen-bond acceptors (Lipinski definition) is 4. The Morgan fingerprint density at radius 1 is 1.31 bits per heavy atom. The van der Waals surface area contributed by atoms with Crippen LogP contribution >= 0.6 is 22.9 Å². The van der Waals surface area contributed by atoms with Crippen LogP contribution in [-0.4, -0.2) is 10.2 Å². The molecular formula is C11H12ClN3S. The van der Waals surface area contributed by atoms with Gasteiger partial charge < -0.3 is 5.32 Å². The lowest BCUT2D eigenvalue weighted by Crippen LogP contribution is -2.03. The summed E-state index contributed by atoms with van der Waals surface area (Å²) < 4.78 is 0. The highest BCUT2D eigenvalue weighted by Crippen LogP contribution is 2.21. The molecule has 0 saturated carbocycles. The van der Waals surface area contributed by atoms with Gasteiger partial charge in [0.2, 0.25) is 5.13 Å². The van der Waals surface area contributed by atoms with Crippen molar-refractivity contribution in [2.24, 2.45) is 0 Å². The van der Waals surface area contributed by atoms with Gasteiger partial charge in [-0.15, -0.1) is 10.2 Å². The van der Waals surface area contributed by atoms with E-state index in [-0.39, 0.29) is 0 Å². The monoisotopic (exact) mass is 253 g/mol. The van der Waals surface area contributed by atoms with Crippen molar-refractivity contribution in [3.05, 3.63) is 39.4 Å². The molecule has 0 spiro atoms. The van der Waals surface area contributed by atoms with Gasteiger partial charge in [-0.1, -0.05) is 22.9 Å². The molecule has 0 saturated heterocycles. The predicted molar refractivity (Wildman–Crippen MR) is 68.2 cm³/mol. The Kier molecular flexibility index (Phi) is 3.41. The van der Waals surface area contributed by atoms with Crippen LogP contribution in [0.25, 0.3) is 0 Å². The lowest BCUT2D eigenvalue weighted by Gasteiger charge is -2.10. The van der Waals surface area contributed by atoms with Crippen molar-refractivity contribution in [2.75, 3.05) is 5.32 Å². The van der Waals surface area contributed by atoms with Crippen LogP contribution in [0, 0.1) is 13.8 Å². The Morgan fingerprint density at radius 2 is 2.00 bits per heavy atom. The number of hydrogen-bond donors (Lipinski definition) is 1. The number of aryl methyl sites for hydroxylation is 2. The van der Waals surface area contributed by atoms with E-state index in [9.17, 15) is 0 Å². The third-order valence-electron chi connectivity index (χ3n) is 2.44. The van der Waals surface area contributed by atoms with Gasteiger partial charge in [0.1, 0.15) is 5.51 Å². The van der Waals surface area contributed by atoms with E-state index < -0.39 is 0 Å². The fourth-order valence-corrected chi connectivity index (χ4v) is 2.40. The molecule has 84 valence electrons. The van der Waals surface area contributed by atoms with Crippen LogP contribution in [0.15, 0.2) is 17.6 Å². The van der Waals surface area contributed by atoms with Gasteiger partial charge in [-0.05, 0) is 42.7 Å². The maximum atomic E-state index is 5.98. The largest absolute Gasteiger partial charge is 0.356 e. The zero-order chi connectivity index (χ0) is 11.5. The molecule has 1 heterocycles. The molecule has 0 amide bonds. The minimum Gasteiger partial charge on any atom is -0.356 e. The molecule has 0 aliphatic rings. The van der Waals surface area contributed by atoms with Gasteiger partial charge in [0, 0.05) is 11.6 Å². The van der Waals surface area contributed by atoms with Gasteiger partial charge in [0.15, 0.2) is 0 Å². The summed E-state index contributed by atoms with van der Waals surface area (Å²) in [4.78, 5) is 0. The number of benzene rings is 1. The highest BCUT2D eigenvalue weighted by molar-refractivity contribution is 7.13. The van der Waals surface area contributed by atoms with Crippen LogP contribution < -0.4 is 5.32 Å². The lowest BCUT2D eigenvalue weighted by atomic mass is 10.0. The Balaban J connectivity index is 2.15. The number of nitrogens with one attached hydrogen (secondary N) is 1. The topological polar surface area (TPSA) is 37.8 Å². The standard InChI is InChI=1S/C11H12ClN3S/c1-7-3-9(12)4-8(2)10(7)5-13-11-15-14-6-16-11/h3-4,6H,5H2,1-2H3,(H,13,15). The molecule has 0 bridgehead atoms. The first kappa shape index (κ1) is 11.4. The third kappa shape index (κ3) is 2.51. The van der Waals surface area contributed by atoms with Crippen LogP contribution in [0.4, 0.5) is 5.13 Å². The van der Waals surface area contributed by atoms with Gasteiger partial charge in [0.05, 0.1) is 0 Å². The molecule has 2 aromatic rings. The maximum absolute atomic E-state index is 5.98. The minimum atomic E-state index is 0.754. The maximum Gasteiger partial charge on any atom is 0.205 e. The van der Waals surface area contributed by atoms with Gasteiger partial charge >= 0.3 is 0 Å². The molecule has 0 aliphatic heterocycles. The molecule has 1 aromatic carbocycles. The van der Waals surface area contributed by atoms with Crippen molar-refractivity contribution in [1.82, 2.24) is 10.2 Å². The second-order valence-electron chi connectivity index (χ2n) is 3.62. The summed E-state index contributed by atoms with van der Waals surface area (Å²) in [5.74, 6) is 0. The highest BCUT2D eigenvalue weighted by Gasteiger charge is 2.05. The third-order valence-corrected chi connectivity index (χ3v) is 3.30. The summed E-state index contributed by atoms with van der Waals surface area (Å²) in [6, 6.07) is 3.96. The van der Waals surface area contributed by atoms with E-state index in [4.69, 9.17) is 11.6 Å². The normalized spacial score (nSPS) is 10.4. The molecule has 0 fully saturated rings. The van der Waals surface area contributed by atoms with Crippen molar-refractivity contribution in [3.8, 4) is 0 Å². The molecular weight excluding hydrogens is 242 g/mol. The van der Waals surface area contributed by atoms with Crippen LogP contribution in [-0.2, 0) is 6.54 Å². The molecule has 0 radical (unpaired) electrons. The van der Waals surface area contributed by atoms with Crippen molar-refractivity contribution in [1.29, 1.82) is 0 Å². The zero-order valence-electron chi connectivity index (χ0n) is 9.12. The number of anilines is 1. The SMILES string of the molecule is Cc1cc(Cl)cc(C)c1CNc1nncs1. The Labute approximate surface area is 103 Å². The number of nitrogens with zero attached hydrogens (tertiary/aromatic N) is 2. The van der Waals surface area contributed by atoms with Crippen molar-refractivity contribution >= 4 is 28.1 Å². The summed E-state index contributed by atoms with van der Waals surface area (Å²) in [5, 5.41) is 12.6. The second-order valence-corrected chi connectivity index (χ2v) is 4.89. The molecule has 1 N–H and O–H groups in total. The lowest BCUT2D eigenvalue weighted by molar-refractivity contribution is 1.03. The van der Waals surface area contributed by atoms with E-state index in [2.05, 4.69) is 29.4 Å². The minimum absolute atomic E-state index is 0.754. The van der Waals surface area contributed by atoms with Crippen molar-refractivity contribution < 1.29 is 0 Å². The van der Waals surface area contributed by atoms with E-state index in [0.29, 0.717) is 0 Å². The van der Waals surface area contributed by atoms with Gasteiger partial charge in [-0.25, -0.2) is 0 Å². The number of halogens is 1.